The third-order valence-corrected chi connectivity index (χ3v) is 3.13. The number of anilines is 1. The monoisotopic (exact) mass is 234 g/mol. The minimum Gasteiger partial charge on any atom is -0.343 e. The van der Waals surface area contributed by atoms with Crippen molar-refractivity contribution in [2.45, 2.75) is 6.54 Å². The van der Waals surface area contributed by atoms with E-state index in [1.807, 2.05) is 61.0 Å². The molecule has 1 aliphatic heterocycles. The highest BCUT2D eigenvalue weighted by Gasteiger charge is 2.17. The Labute approximate surface area is 106 Å². The summed E-state index contributed by atoms with van der Waals surface area (Å²) in [6.45, 7) is 0.783. The minimum absolute atomic E-state index is 0.612. The van der Waals surface area contributed by atoms with Gasteiger partial charge in [-0.2, -0.15) is 0 Å². The van der Waals surface area contributed by atoms with Crippen LogP contribution in [0.15, 0.2) is 60.8 Å². The third kappa shape index (κ3) is 1.82. The van der Waals surface area contributed by atoms with E-state index in [1.54, 1.807) is 0 Å². The molecule has 0 fully saturated rings. The Morgan fingerprint density at radius 1 is 0.944 bits per heavy atom. The summed E-state index contributed by atoms with van der Waals surface area (Å²) in [7, 11) is 0. The molecule has 1 heterocycles. The Bertz CT molecular complexity index is 602. The SMILES string of the molecule is O=[C]C1=CN(c2ccccc2)Cc2ccccc21. The zero-order chi connectivity index (χ0) is 12.4. The summed E-state index contributed by atoms with van der Waals surface area (Å²) < 4.78 is 0. The molecule has 0 N–H and O–H groups in total. The summed E-state index contributed by atoms with van der Waals surface area (Å²) in [5.74, 6) is 0. The molecule has 0 aliphatic carbocycles. The van der Waals surface area contributed by atoms with Gasteiger partial charge in [-0.05, 0) is 23.3 Å². The van der Waals surface area contributed by atoms with Crippen LogP contribution in [0.25, 0.3) is 5.57 Å². The number of allylic oxidation sites excluding steroid dienone is 1. The second kappa shape index (κ2) is 4.49. The van der Waals surface area contributed by atoms with E-state index in [2.05, 4.69) is 11.0 Å². The lowest BCUT2D eigenvalue weighted by atomic mass is 9.97. The minimum atomic E-state index is 0.612. The first-order valence-corrected chi connectivity index (χ1v) is 5.88. The molecular weight excluding hydrogens is 222 g/mol. The fourth-order valence-electron chi connectivity index (χ4n) is 2.24. The fourth-order valence-corrected chi connectivity index (χ4v) is 2.24. The molecule has 0 spiro atoms. The van der Waals surface area contributed by atoms with Gasteiger partial charge in [0.05, 0.1) is 0 Å². The lowest BCUT2D eigenvalue weighted by molar-refractivity contribution is 0.565. The largest absolute Gasteiger partial charge is 0.343 e. The maximum Gasteiger partial charge on any atom is 0.235 e. The van der Waals surface area contributed by atoms with Crippen molar-refractivity contribution in [3.63, 3.8) is 0 Å². The van der Waals surface area contributed by atoms with Gasteiger partial charge in [0, 0.05) is 24.0 Å². The molecule has 87 valence electrons. The highest BCUT2D eigenvalue weighted by atomic mass is 16.1. The molecule has 1 aliphatic rings. The molecule has 2 heteroatoms. The van der Waals surface area contributed by atoms with Crippen molar-refractivity contribution in [1.29, 1.82) is 0 Å². The van der Waals surface area contributed by atoms with E-state index >= 15 is 0 Å². The van der Waals surface area contributed by atoms with Crippen molar-refractivity contribution >= 4 is 17.5 Å². The van der Waals surface area contributed by atoms with Gasteiger partial charge in [-0.15, -0.1) is 0 Å². The Kier molecular flexibility index (Phi) is 2.69. The summed E-state index contributed by atoms with van der Waals surface area (Å²) in [6.07, 6.45) is 3.90. The van der Waals surface area contributed by atoms with E-state index in [0.717, 1.165) is 23.4 Å². The van der Waals surface area contributed by atoms with E-state index in [9.17, 15) is 4.79 Å². The van der Waals surface area contributed by atoms with E-state index in [-0.39, 0.29) is 0 Å². The van der Waals surface area contributed by atoms with Crippen LogP contribution in [0.2, 0.25) is 0 Å². The number of fused-ring (bicyclic) bond motifs is 1. The second-order valence-electron chi connectivity index (χ2n) is 4.27. The Morgan fingerprint density at radius 2 is 1.67 bits per heavy atom. The zero-order valence-corrected chi connectivity index (χ0v) is 9.84. The quantitative estimate of drug-likeness (QED) is 0.795. The fraction of sp³-hybridized carbons (Fsp3) is 0.0625. The second-order valence-corrected chi connectivity index (χ2v) is 4.27. The van der Waals surface area contributed by atoms with Crippen LogP contribution in [0.1, 0.15) is 11.1 Å². The van der Waals surface area contributed by atoms with Gasteiger partial charge >= 0.3 is 0 Å². The standard InChI is InChI=1S/C16H12NO/c18-12-14-11-17(15-7-2-1-3-8-15)10-13-6-4-5-9-16(13)14/h1-9,11H,10H2. The van der Waals surface area contributed by atoms with Crippen molar-refractivity contribution in [3.8, 4) is 0 Å². The summed E-state index contributed by atoms with van der Waals surface area (Å²) in [6, 6.07) is 18.0. The zero-order valence-electron chi connectivity index (χ0n) is 9.84. The highest BCUT2D eigenvalue weighted by molar-refractivity contribution is 6.09. The van der Waals surface area contributed by atoms with E-state index in [1.165, 1.54) is 0 Å². The van der Waals surface area contributed by atoms with Gasteiger partial charge in [0.15, 0.2) is 0 Å². The van der Waals surface area contributed by atoms with Gasteiger partial charge in [-0.3, -0.25) is 4.79 Å². The average Bonchev–Trinajstić information content (AvgIpc) is 2.47. The number of rotatable bonds is 2. The van der Waals surface area contributed by atoms with Gasteiger partial charge in [0.1, 0.15) is 0 Å². The molecule has 0 saturated carbocycles. The Morgan fingerprint density at radius 3 is 2.44 bits per heavy atom. The summed E-state index contributed by atoms with van der Waals surface area (Å²) in [4.78, 5) is 13.2. The van der Waals surface area contributed by atoms with Crippen LogP contribution in [0, 0.1) is 0 Å². The molecule has 1 radical (unpaired) electrons. The van der Waals surface area contributed by atoms with Crippen LogP contribution in [-0.4, -0.2) is 6.29 Å². The van der Waals surface area contributed by atoms with Gasteiger partial charge < -0.3 is 4.90 Å². The van der Waals surface area contributed by atoms with Crippen LogP contribution in [-0.2, 0) is 11.3 Å². The summed E-state index contributed by atoms with van der Waals surface area (Å²) in [5.41, 5.74) is 3.84. The lowest BCUT2D eigenvalue weighted by Gasteiger charge is -2.27. The van der Waals surface area contributed by atoms with E-state index in [4.69, 9.17) is 0 Å². The molecule has 0 amide bonds. The van der Waals surface area contributed by atoms with Crippen LogP contribution in [0.5, 0.6) is 0 Å². The molecule has 0 unspecified atom stereocenters. The van der Waals surface area contributed by atoms with Crippen LogP contribution < -0.4 is 4.90 Å². The molecule has 2 aromatic rings. The van der Waals surface area contributed by atoms with E-state index in [0.29, 0.717) is 5.57 Å². The van der Waals surface area contributed by atoms with Gasteiger partial charge in [0.2, 0.25) is 6.29 Å². The average molecular weight is 234 g/mol. The van der Waals surface area contributed by atoms with Crippen molar-refractivity contribution < 1.29 is 4.79 Å². The van der Waals surface area contributed by atoms with Crippen molar-refractivity contribution in [1.82, 2.24) is 0 Å². The summed E-state index contributed by atoms with van der Waals surface area (Å²) >= 11 is 0. The number of hydrogen-bond donors (Lipinski definition) is 0. The molecule has 0 saturated heterocycles. The van der Waals surface area contributed by atoms with Crippen LogP contribution in [0.3, 0.4) is 0 Å². The number of hydrogen-bond acceptors (Lipinski definition) is 2. The van der Waals surface area contributed by atoms with Crippen molar-refractivity contribution in [3.05, 3.63) is 71.9 Å². The van der Waals surface area contributed by atoms with Gasteiger partial charge in [-0.25, -0.2) is 0 Å². The van der Waals surface area contributed by atoms with Crippen molar-refractivity contribution in [2.75, 3.05) is 4.90 Å². The van der Waals surface area contributed by atoms with Crippen LogP contribution in [0.4, 0.5) is 5.69 Å². The topological polar surface area (TPSA) is 20.3 Å². The molecule has 2 nitrogen and oxygen atoms in total. The predicted molar refractivity (Wildman–Crippen MR) is 72.7 cm³/mol. The molecular formula is C16H12NO. The number of nitrogens with zero attached hydrogens (tertiary/aromatic N) is 1. The summed E-state index contributed by atoms with van der Waals surface area (Å²) in [5, 5.41) is 0. The van der Waals surface area contributed by atoms with Crippen molar-refractivity contribution in [2.24, 2.45) is 0 Å². The van der Waals surface area contributed by atoms with E-state index < -0.39 is 0 Å². The first-order valence-electron chi connectivity index (χ1n) is 5.88. The lowest BCUT2D eigenvalue weighted by Crippen LogP contribution is -2.21. The van der Waals surface area contributed by atoms with Crippen LogP contribution >= 0.6 is 0 Å². The maximum absolute atomic E-state index is 11.1. The molecule has 0 aromatic heterocycles. The molecule has 2 aromatic carbocycles. The molecule has 18 heavy (non-hydrogen) atoms. The number of para-hydroxylation sites is 1. The molecule has 3 rings (SSSR count). The number of carbonyl (C=O) groups excluding carboxylic acids is 1. The number of benzene rings is 2. The highest BCUT2D eigenvalue weighted by Crippen LogP contribution is 2.28. The van der Waals surface area contributed by atoms with Gasteiger partial charge in [0.25, 0.3) is 0 Å². The first kappa shape index (κ1) is 10.8. The predicted octanol–water partition coefficient (Wildman–Crippen LogP) is 3.16. The Hall–Kier alpha value is -2.35. The molecule has 0 atom stereocenters. The molecule has 0 bridgehead atoms. The Balaban J connectivity index is 2.06. The third-order valence-electron chi connectivity index (χ3n) is 3.13. The smallest absolute Gasteiger partial charge is 0.235 e. The maximum atomic E-state index is 11.1. The first-order chi connectivity index (χ1) is 8.88. The normalized spacial score (nSPS) is 13.8. The van der Waals surface area contributed by atoms with Gasteiger partial charge in [-0.1, -0.05) is 42.5 Å².